The first kappa shape index (κ1) is 20.0. The van der Waals surface area contributed by atoms with Crippen molar-refractivity contribution in [1.29, 1.82) is 0 Å². The number of aromatic amines is 1. The molecule has 3 rings (SSSR count). The van der Waals surface area contributed by atoms with Crippen LogP contribution in [0.3, 0.4) is 0 Å². The molecule has 0 bridgehead atoms. The fourth-order valence-electron chi connectivity index (χ4n) is 3.48. The standard InChI is InChI=1S/C19H32N6O2/c1-14(2)4-10-25-16-5-9-24(13-17-20-6-7-21-17)12-15(16)18(23-25)19(26)22-8-11-27-3/h6-7,14,19,22,26H,4-5,8-13H2,1-3H3,(H,20,21). The molecular weight excluding hydrogens is 344 g/mol. The molecule has 8 nitrogen and oxygen atoms in total. The fraction of sp³-hybridized carbons (Fsp3) is 0.684. The van der Waals surface area contributed by atoms with Gasteiger partial charge in [0.05, 0.1) is 13.2 Å². The number of nitrogens with one attached hydrogen (secondary N) is 2. The zero-order valence-corrected chi connectivity index (χ0v) is 16.6. The van der Waals surface area contributed by atoms with Crippen LogP contribution in [0.2, 0.25) is 0 Å². The summed E-state index contributed by atoms with van der Waals surface area (Å²) in [5.41, 5.74) is 3.15. The third kappa shape index (κ3) is 5.16. The lowest BCUT2D eigenvalue weighted by atomic mass is 10.0. The van der Waals surface area contributed by atoms with Crippen LogP contribution in [0.25, 0.3) is 0 Å². The quantitative estimate of drug-likeness (QED) is 0.429. The smallest absolute Gasteiger partial charge is 0.150 e. The third-order valence-corrected chi connectivity index (χ3v) is 4.99. The van der Waals surface area contributed by atoms with E-state index in [0.29, 0.717) is 19.1 Å². The number of aryl methyl sites for hydroxylation is 1. The molecule has 8 heteroatoms. The number of hydrogen-bond acceptors (Lipinski definition) is 6. The Morgan fingerprint density at radius 2 is 2.26 bits per heavy atom. The van der Waals surface area contributed by atoms with Gasteiger partial charge in [0.1, 0.15) is 17.7 Å². The molecule has 0 saturated carbocycles. The Morgan fingerprint density at radius 3 is 2.96 bits per heavy atom. The molecule has 0 fully saturated rings. The summed E-state index contributed by atoms with van der Waals surface area (Å²) in [6.45, 7) is 8.99. The summed E-state index contributed by atoms with van der Waals surface area (Å²) >= 11 is 0. The Bertz CT molecular complexity index is 697. The van der Waals surface area contributed by atoms with Gasteiger partial charge < -0.3 is 14.8 Å². The summed E-state index contributed by atoms with van der Waals surface area (Å²) in [4.78, 5) is 9.85. The summed E-state index contributed by atoms with van der Waals surface area (Å²) in [5, 5.41) is 18.6. The number of aromatic nitrogens is 4. The maximum Gasteiger partial charge on any atom is 0.150 e. The molecule has 0 spiro atoms. The Morgan fingerprint density at radius 1 is 1.41 bits per heavy atom. The minimum absolute atomic E-state index is 0.553. The van der Waals surface area contributed by atoms with Crippen molar-refractivity contribution in [2.24, 2.45) is 5.92 Å². The summed E-state index contributed by atoms with van der Waals surface area (Å²) in [5.74, 6) is 1.59. The van der Waals surface area contributed by atoms with Gasteiger partial charge >= 0.3 is 0 Å². The minimum atomic E-state index is -0.780. The van der Waals surface area contributed by atoms with Gasteiger partial charge in [0.15, 0.2) is 0 Å². The number of aliphatic hydroxyl groups excluding tert-OH is 1. The number of aliphatic hydroxyl groups is 1. The monoisotopic (exact) mass is 376 g/mol. The van der Waals surface area contributed by atoms with Crippen LogP contribution in [0.5, 0.6) is 0 Å². The molecule has 2 aromatic rings. The minimum Gasteiger partial charge on any atom is -0.383 e. The molecule has 1 aliphatic rings. The van der Waals surface area contributed by atoms with Gasteiger partial charge in [0.25, 0.3) is 0 Å². The Balaban J connectivity index is 1.77. The normalized spacial score (nSPS) is 16.0. The second-order valence-electron chi connectivity index (χ2n) is 7.56. The first-order chi connectivity index (χ1) is 13.1. The summed E-state index contributed by atoms with van der Waals surface area (Å²) < 4.78 is 7.18. The van der Waals surface area contributed by atoms with Gasteiger partial charge in [0, 0.05) is 63.4 Å². The van der Waals surface area contributed by atoms with E-state index < -0.39 is 6.23 Å². The van der Waals surface area contributed by atoms with Crippen LogP contribution in [0, 0.1) is 5.92 Å². The number of imidazole rings is 1. The van der Waals surface area contributed by atoms with Crippen molar-refractivity contribution in [3.63, 3.8) is 0 Å². The number of nitrogens with zero attached hydrogens (tertiary/aromatic N) is 4. The second-order valence-corrected chi connectivity index (χ2v) is 7.56. The fourth-order valence-corrected chi connectivity index (χ4v) is 3.48. The number of ether oxygens (including phenoxy) is 1. The van der Waals surface area contributed by atoms with Crippen LogP contribution in [-0.2, 0) is 30.8 Å². The first-order valence-corrected chi connectivity index (χ1v) is 9.78. The van der Waals surface area contributed by atoms with Crippen molar-refractivity contribution in [3.05, 3.63) is 35.2 Å². The predicted molar refractivity (Wildman–Crippen MR) is 103 cm³/mol. The Hall–Kier alpha value is -1.74. The average molecular weight is 377 g/mol. The van der Waals surface area contributed by atoms with Crippen LogP contribution in [-0.4, -0.2) is 56.6 Å². The second kappa shape index (κ2) is 9.45. The van der Waals surface area contributed by atoms with E-state index in [4.69, 9.17) is 9.84 Å². The lowest BCUT2D eigenvalue weighted by molar-refractivity contribution is 0.113. The van der Waals surface area contributed by atoms with Crippen LogP contribution < -0.4 is 5.32 Å². The van der Waals surface area contributed by atoms with Crippen molar-refractivity contribution in [1.82, 2.24) is 30.0 Å². The molecule has 0 radical (unpaired) electrons. The van der Waals surface area contributed by atoms with Gasteiger partial charge in [-0.3, -0.25) is 14.9 Å². The SMILES string of the molecule is COCCNC(O)c1nn(CCC(C)C)c2c1CN(Cc1ncc[nH]1)CC2. The number of rotatable bonds is 10. The number of fused-ring (bicyclic) bond motifs is 1. The van der Waals surface area contributed by atoms with Gasteiger partial charge in [-0.25, -0.2) is 4.98 Å². The lowest BCUT2D eigenvalue weighted by Crippen LogP contribution is -2.32. The number of methoxy groups -OCH3 is 1. The van der Waals surface area contributed by atoms with Crippen molar-refractivity contribution in [2.45, 2.75) is 52.6 Å². The van der Waals surface area contributed by atoms with Crippen LogP contribution in [0.4, 0.5) is 0 Å². The Labute approximate surface area is 160 Å². The van der Waals surface area contributed by atoms with E-state index in [0.717, 1.165) is 56.1 Å². The molecule has 3 N–H and O–H groups in total. The molecule has 0 amide bonds. The summed E-state index contributed by atoms with van der Waals surface area (Å²) in [7, 11) is 1.66. The average Bonchev–Trinajstić information content (AvgIpc) is 3.27. The van der Waals surface area contributed by atoms with E-state index >= 15 is 0 Å². The van der Waals surface area contributed by atoms with Crippen molar-refractivity contribution in [3.8, 4) is 0 Å². The highest BCUT2D eigenvalue weighted by molar-refractivity contribution is 5.30. The zero-order valence-electron chi connectivity index (χ0n) is 16.6. The molecule has 0 aliphatic carbocycles. The highest BCUT2D eigenvalue weighted by Crippen LogP contribution is 2.27. The van der Waals surface area contributed by atoms with Gasteiger partial charge in [0.2, 0.25) is 0 Å². The highest BCUT2D eigenvalue weighted by Gasteiger charge is 2.28. The molecule has 0 aromatic carbocycles. The van der Waals surface area contributed by atoms with Crippen molar-refractivity contribution >= 4 is 0 Å². The Kier molecular flexibility index (Phi) is 7.01. The molecule has 1 aliphatic heterocycles. The molecule has 3 heterocycles. The lowest BCUT2D eigenvalue weighted by Gasteiger charge is -2.27. The maximum atomic E-state index is 10.7. The van der Waals surface area contributed by atoms with Crippen LogP contribution in [0.1, 0.15) is 49.3 Å². The van der Waals surface area contributed by atoms with E-state index in [-0.39, 0.29) is 0 Å². The van der Waals surface area contributed by atoms with Gasteiger partial charge in [-0.05, 0) is 12.3 Å². The van der Waals surface area contributed by atoms with Crippen LogP contribution >= 0.6 is 0 Å². The molecule has 0 saturated heterocycles. The third-order valence-electron chi connectivity index (χ3n) is 4.99. The molecule has 1 atom stereocenters. The van der Waals surface area contributed by atoms with Gasteiger partial charge in [-0.1, -0.05) is 13.8 Å². The largest absolute Gasteiger partial charge is 0.383 e. The summed E-state index contributed by atoms with van der Waals surface area (Å²) in [6, 6.07) is 0. The van der Waals surface area contributed by atoms with E-state index in [1.807, 2.05) is 6.20 Å². The predicted octanol–water partition coefficient (Wildman–Crippen LogP) is 1.44. The molecule has 1 unspecified atom stereocenters. The number of hydrogen-bond donors (Lipinski definition) is 3. The first-order valence-electron chi connectivity index (χ1n) is 9.78. The van der Waals surface area contributed by atoms with Crippen molar-refractivity contribution < 1.29 is 9.84 Å². The molecule has 150 valence electrons. The topological polar surface area (TPSA) is 91.2 Å². The van der Waals surface area contributed by atoms with E-state index in [2.05, 4.69) is 38.7 Å². The van der Waals surface area contributed by atoms with Crippen molar-refractivity contribution in [2.75, 3.05) is 26.8 Å². The van der Waals surface area contributed by atoms with Crippen LogP contribution in [0.15, 0.2) is 12.4 Å². The number of H-pyrrole nitrogens is 1. The highest BCUT2D eigenvalue weighted by atomic mass is 16.5. The summed E-state index contributed by atoms with van der Waals surface area (Å²) in [6.07, 6.45) is 4.87. The molecule has 27 heavy (non-hydrogen) atoms. The molecular formula is C19H32N6O2. The van der Waals surface area contributed by atoms with E-state index in [1.54, 1.807) is 13.3 Å². The zero-order chi connectivity index (χ0) is 19.2. The maximum absolute atomic E-state index is 10.7. The van der Waals surface area contributed by atoms with E-state index in [1.165, 1.54) is 5.69 Å². The van der Waals surface area contributed by atoms with Gasteiger partial charge in [-0.15, -0.1) is 0 Å². The van der Waals surface area contributed by atoms with Gasteiger partial charge in [-0.2, -0.15) is 5.10 Å². The molecule has 2 aromatic heterocycles. The van der Waals surface area contributed by atoms with E-state index in [9.17, 15) is 5.11 Å².